The maximum absolute atomic E-state index is 11.6. The van der Waals surface area contributed by atoms with Gasteiger partial charge in [-0.3, -0.25) is 4.79 Å². The van der Waals surface area contributed by atoms with Gasteiger partial charge in [-0.1, -0.05) is 13.3 Å². The van der Waals surface area contributed by atoms with Crippen LogP contribution in [0.3, 0.4) is 0 Å². The van der Waals surface area contributed by atoms with Gasteiger partial charge in [-0.05, 0) is 31.7 Å². The maximum Gasteiger partial charge on any atom is 0.222 e. The zero-order valence-electron chi connectivity index (χ0n) is 9.17. The van der Waals surface area contributed by atoms with Crippen molar-refractivity contribution in [2.45, 2.75) is 39.0 Å². The van der Waals surface area contributed by atoms with E-state index in [4.69, 9.17) is 5.73 Å². The van der Waals surface area contributed by atoms with Crippen LogP contribution in [0.25, 0.3) is 0 Å². The van der Waals surface area contributed by atoms with Crippen LogP contribution in [-0.4, -0.2) is 30.4 Å². The Kier molecular flexibility index (Phi) is 4.94. The maximum atomic E-state index is 11.6. The summed E-state index contributed by atoms with van der Waals surface area (Å²) in [6.45, 7) is 4.89. The van der Waals surface area contributed by atoms with E-state index in [1.54, 1.807) is 0 Å². The lowest BCUT2D eigenvalue weighted by Crippen LogP contribution is -2.28. The standard InChI is InChI=1S/C11H22N2O/c1-10-6-8-13(9-10)11(14)5-3-2-4-7-12/h10H,2-9,12H2,1H3. The van der Waals surface area contributed by atoms with Crippen molar-refractivity contribution in [2.75, 3.05) is 19.6 Å². The summed E-state index contributed by atoms with van der Waals surface area (Å²) in [5.74, 6) is 1.04. The topological polar surface area (TPSA) is 46.3 Å². The van der Waals surface area contributed by atoms with E-state index >= 15 is 0 Å². The first-order valence-electron chi connectivity index (χ1n) is 5.72. The SMILES string of the molecule is CC1CCN(C(=O)CCCCCN)C1. The molecule has 1 rings (SSSR count). The normalized spacial score (nSPS) is 21.6. The number of carbonyl (C=O) groups is 1. The lowest BCUT2D eigenvalue weighted by Gasteiger charge is -2.15. The van der Waals surface area contributed by atoms with Gasteiger partial charge < -0.3 is 10.6 Å². The molecule has 1 saturated heterocycles. The number of unbranched alkanes of at least 4 members (excludes halogenated alkanes) is 2. The molecule has 0 aromatic carbocycles. The van der Waals surface area contributed by atoms with Crippen molar-refractivity contribution in [1.82, 2.24) is 4.90 Å². The van der Waals surface area contributed by atoms with Gasteiger partial charge in [0.1, 0.15) is 0 Å². The molecule has 1 heterocycles. The molecule has 0 aromatic heterocycles. The zero-order chi connectivity index (χ0) is 10.4. The summed E-state index contributed by atoms with van der Waals surface area (Å²) in [7, 11) is 0. The zero-order valence-corrected chi connectivity index (χ0v) is 9.17. The van der Waals surface area contributed by atoms with E-state index in [9.17, 15) is 4.79 Å². The number of hydrogen-bond donors (Lipinski definition) is 1. The minimum atomic E-state index is 0.339. The lowest BCUT2D eigenvalue weighted by atomic mass is 10.1. The van der Waals surface area contributed by atoms with Crippen LogP contribution in [0.5, 0.6) is 0 Å². The second kappa shape index (κ2) is 6.02. The molecule has 1 atom stereocenters. The minimum absolute atomic E-state index is 0.339. The lowest BCUT2D eigenvalue weighted by molar-refractivity contribution is -0.130. The van der Waals surface area contributed by atoms with Crippen LogP contribution < -0.4 is 5.73 Å². The van der Waals surface area contributed by atoms with Crippen molar-refractivity contribution < 1.29 is 4.79 Å². The number of rotatable bonds is 5. The molecule has 1 aliphatic rings. The molecule has 82 valence electrons. The number of amides is 1. The summed E-state index contributed by atoms with van der Waals surface area (Å²) in [4.78, 5) is 13.7. The Morgan fingerprint density at radius 2 is 2.21 bits per heavy atom. The molecule has 0 saturated carbocycles. The van der Waals surface area contributed by atoms with Gasteiger partial charge in [-0.15, -0.1) is 0 Å². The van der Waals surface area contributed by atoms with Crippen molar-refractivity contribution in [3.05, 3.63) is 0 Å². The Morgan fingerprint density at radius 3 is 2.79 bits per heavy atom. The van der Waals surface area contributed by atoms with E-state index in [0.29, 0.717) is 18.2 Å². The first kappa shape index (κ1) is 11.5. The molecule has 0 radical (unpaired) electrons. The minimum Gasteiger partial charge on any atom is -0.342 e. The summed E-state index contributed by atoms with van der Waals surface area (Å²) in [5, 5.41) is 0. The molecule has 0 bridgehead atoms. The summed E-state index contributed by atoms with van der Waals surface area (Å²) in [5.41, 5.74) is 5.39. The van der Waals surface area contributed by atoms with Crippen LogP contribution in [0.1, 0.15) is 39.0 Å². The van der Waals surface area contributed by atoms with Crippen molar-refractivity contribution in [3.63, 3.8) is 0 Å². The third-order valence-electron chi connectivity index (χ3n) is 2.87. The van der Waals surface area contributed by atoms with Gasteiger partial charge in [0.2, 0.25) is 5.91 Å². The molecule has 0 aliphatic carbocycles. The molecule has 0 aromatic rings. The molecule has 3 heteroatoms. The molecular formula is C11H22N2O. The van der Waals surface area contributed by atoms with Gasteiger partial charge in [-0.25, -0.2) is 0 Å². The average molecular weight is 198 g/mol. The fraction of sp³-hybridized carbons (Fsp3) is 0.909. The van der Waals surface area contributed by atoms with Gasteiger partial charge in [0.15, 0.2) is 0 Å². The van der Waals surface area contributed by atoms with E-state index in [2.05, 4.69) is 6.92 Å². The molecule has 1 fully saturated rings. The third kappa shape index (κ3) is 3.66. The summed E-state index contributed by atoms with van der Waals surface area (Å²) >= 11 is 0. The molecule has 14 heavy (non-hydrogen) atoms. The number of likely N-dealkylation sites (tertiary alicyclic amines) is 1. The van der Waals surface area contributed by atoms with Crippen molar-refractivity contribution in [2.24, 2.45) is 11.7 Å². The molecule has 0 spiro atoms. The summed E-state index contributed by atoms with van der Waals surface area (Å²) in [6.07, 6.45) is 5.03. The molecule has 1 aliphatic heterocycles. The van der Waals surface area contributed by atoms with Crippen LogP contribution in [0.2, 0.25) is 0 Å². The molecule has 3 nitrogen and oxygen atoms in total. The third-order valence-corrected chi connectivity index (χ3v) is 2.87. The van der Waals surface area contributed by atoms with Gasteiger partial charge in [0, 0.05) is 19.5 Å². The Morgan fingerprint density at radius 1 is 1.43 bits per heavy atom. The molecular weight excluding hydrogens is 176 g/mol. The average Bonchev–Trinajstić information content (AvgIpc) is 2.59. The Bertz CT molecular complexity index is 182. The second-order valence-electron chi connectivity index (χ2n) is 4.33. The van der Waals surface area contributed by atoms with Gasteiger partial charge in [-0.2, -0.15) is 0 Å². The monoisotopic (exact) mass is 198 g/mol. The first-order chi connectivity index (χ1) is 6.74. The van der Waals surface area contributed by atoms with E-state index in [1.807, 2.05) is 4.90 Å². The quantitative estimate of drug-likeness (QED) is 0.678. The van der Waals surface area contributed by atoms with E-state index in [0.717, 1.165) is 38.9 Å². The highest BCUT2D eigenvalue weighted by molar-refractivity contribution is 5.76. The van der Waals surface area contributed by atoms with Gasteiger partial charge in [0.25, 0.3) is 0 Å². The summed E-state index contributed by atoms with van der Waals surface area (Å²) in [6, 6.07) is 0. The Labute approximate surface area is 86.6 Å². The van der Waals surface area contributed by atoms with E-state index in [1.165, 1.54) is 6.42 Å². The smallest absolute Gasteiger partial charge is 0.222 e. The molecule has 1 amide bonds. The largest absolute Gasteiger partial charge is 0.342 e. The Hall–Kier alpha value is -0.570. The van der Waals surface area contributed by atoms with E-state index in [-0.39, 0.29) is 0 Å². The second-order valence-corrected chi connectivity index (χ2v) is 4.33. The highest BCUT2D eigenvalue weighted by Crippen LogP contribution is 2.16. The van der Waals surface area contributed by atoms with Crippen LogP contribution >= 0.6 is 0 Å². The highest BCUT2D eigenvalue weighted by Gasteiger charge is 2.22. The van der Waals surface area contributed by atoms with Crippen LogP contribution in [0.4, 0.5) is 0 Å². The van der Waals surface area contributed by atoms with Gasteiger partial charge >= 0.3 is 0 Å². The van der Waals surface area contributed by atoms with Crippen molar-refractivity contribution in [1.29, 1.82) is 0 Å². The van der Waals surface area contributed by atoms with E-state index < -0.39 is 0 Å². The Balaban J connectivity index is 2.09. The van der Waals surface area contributed by atoms with Gasteiger partial charge in [0.05, 0.1) is 0 Å². The highest BCUT2D eigenvalue weighted by atomic mass is 16.2. The number of hydrogen-bond acceptors (Lipinski definition) is 2. The van der Waals surface area contributed by atoms with Crippen LogP contribution in [-0.2, 0) is 4.79 Å². The predicted molar refractivity (Wildman–Crippen MR) is 57.9 cm³/mol. The number of nitrogens with zero attached hydrogens (tertiary/aromatic N) is 1. The molecule has 2 N–H and O–H groups in total. The van der Waals surface area contributed by atoms with Crippen molar-refractivity contribution in [3.8, 4) is 0 Å². The van der Waals surface area contributed by atoms with Crippen LogP contribution in [0, 0.1) is 5.92 Å². The fourth-order valence-corrected chi connectivity index (χ4v) is 1.92. The predicted octanol–water partition coefficient (Wildman–Crippen LogP) is 1.37. The van der Waals surface area contributed by atoms with Crippen molar-refractivity contribution >= 4 is 5.91 Å². The first-order valence-corrected chi connectivity index (χ1v) is 5.72. The molecule has 1 unspecified atom stereocenters. The van der Waals surface area contributed by atoms with Crippen LogP contribution in [0.15, 0.2) is 0 Å². The number of nitrogens with two attached hydrogens (primary N) is 1. The summed E-state index contributed by atoms with van der Waals surface area (Å²) < 4.78 is 0. The fourth-order valence-electron chi connectivity index (χ4n) is 1.92. The number of carbonyl (C=O) groups excluding carboxylic acids is 1.